The van der Waals surface area contributed by atoms with Gasteiger partial charge in [0.05, 0.1) is 10.5 Å². The molecule has 2 rings (SSSR count). The largest absolute Gasteiger partial charge is 0.305 e. The highest BCUT2D eigenvalue weighted by atomic mass is 35.5. The molecule has 0 radical (unpaired) electrons. The molecule has 1 aliphatic carbocycles. The van der Waals surface area contributed by atoms with E-state index in [9.17, 15) is 23.7 Å². The number of hydrogen-bond donors (Lipinski definition) is 1. The van der Waals surface area contributed by atoms with Crippen molar-refractivity contribution < 1.29 is 18.5 Å². The Labute approximate surface area is 122 Å². The van der Waals surface area contributed by atoms with Gasteiger partial charge in [0.15, 0.2) is 11.1 Å². The van der Waals surface area contributed by atoms with Crippen molar-refractivity contribution in [3.05, 3.63) is 38.9 Å². The summed E-state index contributed by atoms with van der Waals surface area (Å²) in [4.78, 5) is 21.9. The minimum absolute atomic E-state index is 0.0733. The number of nitro groups is 1. The molecule has 1 fully saturated rings. The minimum Gasteiger partial charge on any atom is -0.305 e. The van der Waals surface area contributed by atoms with Crippen LogP contribution >= 0.6 is 11.6 Å². The lowest BCUT2D eigenvalue weighted by atomic mass is 9.98. The van der Waals surface area contributed by atoms with Crippen LogP contribution in [0.2, 0.25) is 0 Å². The molecule has 0 heterocycles. The number of nitro benzene ring substituents is 1. The lowest BCUT2D eigenvalue weighted by molar-refractivity contribution is -0.385. The van der Waals surface area contributed by atoms with Crippen LogP contribution in [0.1, 0.15) is 41.3 Å². The molecular weight excluding hydrogens is 306 g/mol. The monoisotopic (exact) mass is 317 g/mol. The summed E-state index contributed by atoms with van der Waals surface area (Å²) in [6.07, 6.45) is 1.27. The number of carbonyl (C=O) groups is 1. The second kappa shape index (κ2) is 5.23. The summed E-state index contributed by atoms with van der Waals surface area (Å²) < 4.78 is 19.8. The van der Waals surface area contributed by atoms with Crippen LogP contribution < -0.4 is 0 Å². The van der Waals surface area contributed by atoms with Gasteiger partial charge in [-0.05, 0) is 42.5 Å². The normalized spacial score (nSPS) is 17.6. The van der Waals surface area contributed by atoms with E-state index >= 15 is 0 Å². The van der Waals surface area contributed by atoms with Crippen LogP contribution in [0.4, 0.5) is 5.69 Å². The SMILES string of the molecule is CCc1cc(C2(S(=O)O)CC2)c([N+](=O)[O-])cc1C(=O)Cl. The van der Waals surface area contributed by atoms with Gasteiger partial charge >= 0.3 is 0 Å². The lowest BCUT2D eigenvalue weighted by Gasteiger charge is -2.14. The first-order valence-corrected chi connectivity index (χ1v) is 7.44. The Morgan fingerprint density at radius 3 is 2.50 bits per heavy atom. The zero-order valence-electron chi connectivity index (χ0n) is 10.6. The maximum Gasteiger partial charge on any atom is 0.274 e. The lowest BCUT2D eigenvalue weighted by Crippen LogP contribution is -2.17. The first-order chi connectivity index (χ1) is 9.33. The van der Waals surface area contributed by atoms with Crippen LogP contribution in [0.15, 0.2) is 12.1 Å². The maximum atomic E-state index is 11.5. The van der Waals surface area contributed by atoms with Gasteiger partial charge < -0.3 is 4.55 Å². The zero-order valence-corrected chi connectivity index (χ0v) is 12.2. The topological polar surface area (TPSA) is 97.5 Å². The molecule has 0 bridgehead atoms. The smallest absolute Gasteiger partial charge is 0.274 e. The Balaban J connectivity index is 2.71. The number of halogens is 1. The summed E-state index contributed by atoms with van der Waals surface area (Å²) >= 11 is 3.25. The molecule has 0 aliphatic heterocycles. The number of benzene rings is 1. The standard InChI is InChI=1S/C12H12ClNO5S/c1-2-7-5-9(12(3-4-12)20(18)19)10(14(16)17)6-8(7)11(13)15/h5-6H,2-4H2,1H3,(H,18,19). The Kier molecular flexibility index (Phi) is 3.95. The molecule has 20 heavy (non-hydrogen) atoms. The Hall–Kier alpha value is -1.31. The van der Waals surface area contributed by atoms with Crippen LogP contribution in [-0.4, -0.2) is 18.9 Å². The molecule has 8 heteroatoms. The Bertz CT molecular complexity index is 627. The van der Waals surface area contributed by atoms with E-state index < -0.39 is 26.0 Å². The van der Waals surface area contributed by atoms with Gasteiger partial charge in [0.1, 0.15) is 4.75 Å². The van der Waals surface area contributed by atoms with Crippen LogP contribution in [0.25, 0.3) is 0 Å². The zero-order chi connectivity index (χ0) is 15.1. The van der Waals surface area contributed by atoms with E-state index in [4.69, 9.17) is 11.6 Å². The van der Waals surface area contributed by atoms with Gasteiger partial charge in [-0.1, -0.05) is 6.92 Å². The summed E-state index contributed by atoms with van der Waals surface area (Å²) in [6.45, 7) is 1.78. The van der Waals surface area contributed by atoms with E-state index in [1.807, 2.05) is 0 Å². The van der Waals surface area contributed by atoms with E-state index in [-0.39, 0.29) is 16.8 Å². The Morgan fingerprint density at radius 1 is 1.55 bits per heavy atom. The van der Waals surface area contributed by atoms with Crippen molar-refractivity contribution in [2.45, 2.75) is 30.9 Å². The molecule has 0 saturated heterocycles. The van der Waals surface area contributed by atoms with Crippen molar-refractivity contribution in [1.29, 1.82) is 0 Å². The van der Waals surface area contributed by atoms with Crippen LogP contribution in [-0.2, 0) is 22.2 Å². The highest BCUT2D eigenvalue weighted by Gasteiger charge is 2.54. The third-order valence-electron chi connectivity index (χ3n) is 3.54. The number of carbonyl (C=O) groups excluding carboxylic acids is 1. The maximum absolute atomic E-state index is 11.5. The predicted molar refractivity (Wildman–Crippen MR) is 74.3 cm³/mol. The van der Waals surface area contributed by atoms with Crippen LogP contribution in [0.5, 0.6) is 0 Å². The molecule has 6 nitrogen and oxygen atoms in total. The van der Waals surface area contributed by atoms with Gasteiger partial charge in [-0.3, -0.25) is 14.9 Å². The second-order valence-corrected chi connectivity index (χ2v) is 6.28. The highest BCUT2D eigenvalue weighted by Crippen LogP contribution is 2.53. The molecule has 1 aromatic rings. The quantitative estimate of drug-likeness (QED) is 0.390. The number of rotatable bonds is 5. The fourth-order valence-corrected chi connectivity index (χ4v) is 3.25. The van der Waals surface area contributed by atoms with Crippen molar-refractivity contribution in [2.24, 2.45) is 0 Å². The number of hydrogen-bond acceptors (Lipinski definition) is 4. The van der Waals surface area contributed by atoms with Crippen molar-refractivity contribution in [1.82, 2.24) is 0 Å². The van der Waals surface area contributed by atoms with Gasteiger partial charge in [0, 0.05) is 11.6 Å². The van der Waals surface area contributed by atoms with Gasteiger partial charge in [-0.2, -0.15) is 0 Å². The average Bonchev–Trinajstić information content (AvgIpc) is 3.18. The summed E-state index contributed by atoms with van der Waals surface area (Å²) in [6, 6.07) is 2.57. The molecule has 1 aromatic carbocycles. The van der Waals surface area contributed by atoms with Crippen molar-refractivity contribution in [3.63, 3.8) is 0 Å². The summed E-state index contributed by atoms with van der Waals surface area (Å²) in [5.41, 5.74) is 0.499. The molecule has 108 valence electrons. The molecule has 0 amide bonds. The molecule has 1 unspecified atom stereocenters. The van der Waals surface area contributed by atoms with Crippen molar-refractivity contribution in [2.75, 3.05) is 0 Å². The third kappa shape index (κ3) is 2.36. The Morgan fingerprint density at radius 2 is 2.15 bits per heavy atom. The van der Waals surface area contributed by atoms with E-state index in [1.54, 1.807) is 6.92 Å². The van der Waals surface area contributed by atoms with Gasteiger partial charge in [0.25, 0.3) is 10.9 Å². The molecule has 0 spiro atoms. The summed E-state index contributed by atoms with van der Waals surface area (Å²) in [5.74, 6) is 0. The fraction of sp³-hybridized carbons (Fsp3) is 0.417. The van der Waals surface area contributed by atoms with E-state index in [2.05, 4.69) is 0 Å². The van der Waals surface area contributed by atoms with Crippen molar-refractivity contribution >= 4 is 33.6 Å². The number of aryl methyl sites for hydroxylation is 1. The third-order valence-corrected chi connectivity index (χ3v) is 5.04. The van der Waals surface area contributed by atoms with Gasteiger partial charge in [-0.25, -0.2) is 4.21 Å². The molecular formula is C12H12ClNO5S. The molecule has 1 N–H and O–H groups in total. The summed E-state index contributed by atoms with van der Waals surface area (Å²) in [7, 11) is 0. The van der Waals surface area contributed by atoms with Gasteiger partial charge in [-0.15, -0.1) is 0 Å². The second-order valence-electron chi connectivity index (χ2n) is 4.65. The minimum atomic E-state index is -2.19. The summed E-state index contributed by atoms with van der Waals surface area (Å²) in [5, 5.41) is 10.4. The van der Waals surface area contributed by atoms with E-state index in [1.165, 1.54) is 6.07 Å². The fourth-order valence-electron chi connectivity index (χ4n) is 2.28. The molecule has 0 aromatic heterocycles. The molecule has 1 atom stereocenters. The predicted octanol–water partition coefficient (Wildman–Crippen LogP) is 2.75. The van der Waals surface area contributed by atoms with Crippen LogP contribution in [0, 0.1) is 10.1 Å². The van der Waals surface area contributed by atoms with E-state index in [0.717, 1.165) is 6.07 Å². The highest BCUT2D eigenvalue weighted by molar-refractivity contribution is 7.80. The molecule has 1 saturated carbocycles. The van der Waals surface area contributed by atoms with Crippen LogP contribution in [0.3, 0.4) is 0 Å². The average molecular weight is 318 g/mol. The first kappa shape index (κ1) is 15.1. The van der Waals surface area contributed by atoms with Gasteiger partial charge in [0.2, 0.25) is 0 Å². The number of nitrogens with zero attached hydrogens (tertiary/aromatic N) is 1. The van der Waals surface area contributed by atoms with E-state index in [0.29, 0.717) is 24.8 Å². The molecule has 1 aliphatic rings. The first-order valence-electron chi connectivity index (χ1n) is 5.96. The van der Waals surface area contributed by atoms with Crippen molar-refractivity contribution in [3.8, 4) is 0 Å².